The van der Waals surface area contributed by atoms with E-state index < -0.39 is 6.04 Å². The molecule has 1 aliphatic heterocycles. The Bertz CT molecular complexity index is 1400. The predicted molar refractivity (Wildman–Crippen MR) is 143 cm³/mol. The number of para-hydroxylation sites is 1. The maximum absolute atomic E-state index is 14.0. The topological polar surface area (TPSA) is 89.4 Å². The molecule has 0 aliphatic carbocycles. The van der Waals surface area contributed by atoms with Crippen LogP contribution in [0.5, 0.6) is 0 Å². The molecular weight excluding hydrogens is 510 g/mol. The molecule has 10 heteroatoms. The standard InChI is InChI=1S/C27H28ClN5O3S/c1-18-12-14-37-26(18)25(27(35)29-15-20-8-6-13-36-20)32(16-19-7-2-3-9-21(19)28)24(34)17-33-23-11-5-4-10-22(23)30-31-33/h2-5,7,9-12,14,20,25H,6,8,13,15-17H2,1H3,(H,29,35). The van der Waals surface area contributed by atoms with E-state index in [1.807, 2.05) is 60.8 Å². The molecule has 192 valence electrons. The first-order valence-corrected chi connectivity index (χ1v) is 13.5. The molecule has 1 N–H and O–H groups in total. The van der Waals surface area contributed by atoms with Crippen LogP contribution in [0.15, 0.2) is 60.0 Å². The van der Waals surface area contributed by atoms with Crippen molar-refractivity contribution in [3.05, 3.63) is 81.0 Å². The lowest BCUT2D eigenvalue weighted by atomic mass is 10.1. The van der Waals surface area contributed by atoms with Crippen molar-refractivity contribution in [2.75, 3.05) is 13.2 Å². The maximum Gasteiger partial charge on any atom is 0.248 e. The lowest BCUT2D eigenvalue weighted by Crippen LogP contribution is -2.46. The van der Waals surface area contributed by atoms with E-state index in [0.29, 0.717) is 23.7 Å². The van der Waals surface area contributed by atoms with Gasteiger partial charge in [-0.25, -0.2) is 4.68 Å². The van der Waals surface area contributed by atoms with Crippen LogP contribution in [0.1, 0.15) is 34.9 Å². The number of hydrogen-bond acceptors (Lipinski definition) is 6. The highest BCUT2D eigenvalue weighted by Crippen LogP contribution is 2.32. The zero-order chi connectivity index (χ0) is 25.8. The number of ether oxygens (including phenoxy) is 1. The molecule has 2 unspecified atom stereocenters. The number of aromatic nitrogens is 3. The van der Waals surface area contributed by atoms with Gasteiger partial charge in [0.1, 0.15) is 18.1 Å². The number of nitrogens with one attached hydrogen (secondary N) is 1. The highest BCUT2D eigenvalue weighted by molar-refractivity contribution is 7.10. The second kappa shape index (κ2) is 11.4. The summed E-state index contributed by atoms with van der Waals surface area (Å²) in [5.74, 6) is -0.509. The minimum atomic E-state index is -0.833. The smallest absolute Gasteiger partial charge is 0.248 e. The number of aryl methyl sites for hydroxylation is 1. The first-order valence-electron chi connectivity index (χ1n) is 12.3. The van der Waals surface area contributed by atoms with E-state index >= 15 is 0 Å². The maximum atomic E-state index is 14.0. The molecule has 5 rings (SSSR count). The first kappa shape index (κ1) is 25.4. The van der Waals surface area contributed by atoms with E-state index in [1.54, 1.807) is 15.6 Å². The Balaban J connectivity index is 1.50. The highest BCUT2D eigenvalue weighted by Gasteiger charge is 2.34. The summed E-state index contributed by atoms with van der Waals surface area (Å²) in [5.41, 5.74) is 3.16. The van der Waals surface area contributed by atoms with Crippen LogP contribution in [-0.2, 0) is 27.4 Å². The van der Waals surface area contributed by atoms with Gasteiger partial charge in [-0.15, -0.1) is 16.4 Å². The summed E-state index contributed by atoms with van der Waals surface area (Å²) in [7, 11) is 0. The average molecular weight is 538 g/mol. The average Bonchev–Trinajstić information content (AvgIpc) is 3.66. The summed E-state index contributed by atoms with van der Waals surface area (Å²) >= 11 is 7.96. The fourth-order valence-electron chi connectivity index (χ4n) is 4.57. The van der Waals surface area contributed by atoms with Crippen LogP contribution in [-0.4, -0.2) is 51.0 Å². The van der Waals surface area contributed by atoms with Gasteiger partial charge in [0.25, 0.3) is 0 Å². The quantitative estimate of drug-likeness (QED) is 0.339. The molecule has 0 radical (unpaired) electrons. The highest BCUT2D eigenvalue weighted by atomic mass is 35.5. The summed E-state index contributed by atoms with van der Waals surface area (Å²) < 4.78 is 7.27. The van der Waals surface area contributed by atoms with Gasteiger partial charge < -0.3 is 15.0 Å². The lowest BCUT2D eigenvalue weighted by Gasteiger charge is -2.32. The van der Waals surface area contributed by atoms with E-state index in [9.17, 15) is 9.59 Å². The van der Waals surface area contributed by atoms with Crippen molar-refractivity contribution in [3.63, 3.8) is 0 Å². The Hall–Kier alpha value is -3.27. The second-order valence-corrected chi connectivity index (χ2v) is 10.5. The lowest BCUT2D eigenvalue weighted by molar-refractivity contribution is -0.142. The van der Waals surface area contributed by atoms with Crippen molar-refractivity contribution < 1.29 is 14.3 Å². The van der Waals surface area contributed by atoms with Crippen molar-refractivity contribution in [2.24, 2.45) is 0 Å². The summed E-state index contributed by atoms with van der Waals surface area (Å²) in [4.78, 5) is 30.2. The third kappa shape index (κ3) is 5.69. The van der Waals surface area contributed by atoms with Gasteiger partial charge in [-0.2, -0.15) is 0 Å². The minimum absolute atomic E-state index is 0.0109. The van der Waals surface area contributed by atoms with Crippen molar-refractivity contribution in [3.8, 4) is 0 Å². The van der Waals surface area contributed by atoms with Crippen molar-refractivity contribution in [1.82, 2.24) is 25.2 Å². The summed E-state index contributed by atoms with van der Waals surface area (Å²) in [6, 6.07) is 16.0. The van der Waals surface area contributed by atoms with Crippen molar-refractivity contribution in [1.29, 1.82) is 0 Å². The van der Waals surface area contributed by atoms with Crippen LogP contribution >= 0.6 is 22.9 Å². The van der Waals surface area contributed by atoms with Gasteiger partial charge in [0.05, 0.1) is 11.6 Å². The number of fused-ring (bicyclic) bond motifs is 1. The second-order valence-electron chi connectivity index (χ2n) is 9.10. The largest absolute Gasteiger partial charge is 0.376 e. The summed E-state index contributed by atoms with van der Waals surface area (Å²) in [6.45, 7) is 3.17. The van der Waals surface area contributed by atoms with Crippen LogP contribution in [0.4, 0.5) is 0 Å². The van der Waals surface area contributed by atoms with Crippen LogP contribution in [0.2, 0.25) is 5.02 Å². The van der Waals surface area contributed by atoms with Crippen LogP contribution < -0.4 is 5.32 Å². The summed E-state index contributed by atoms with van der Waals surface area (Å²) in [5, 5.41) is 13.9. The number of amides is 2. The zero-order valence-corrected chi connectivity index (χ0v) is 22.0. The SMILES string of the molecule is Cc1ccsc1C(C(=O)NCC1CCCO1)N(Cc1ccccc1Cl)C(=O)Cn1nnc2ccccc21. The first-order chi connectivity index (χ1) is 18.0. The van der Waals surface area contributed by atoms with Crippen LogP contribution in [0.3, 0.4) is 0 Å². The fourth-order valence-corrected chi connectivity index (χ4v) is 5.80. The van der Waals surface area contributed by atoms with E-state index in [4.69, 9.17) is 16.3 Å². The number of carbonyl (C=O) groups is 2. The molecule has 0 saturated carbocycles. The number of carbonyl (C=O) groups excluding carboxylic acids is 2. The molecule has 2 atom stereocenters. The molecular formula is C27H28ClN5O3S. The Morgan fingerprint density at radius 1 is 1.22 bits per heavy atom. The molecule has 0 bridgehead atoms. The Kier molecular flexibility index (Phi) is 7.83. The molecule has 4 aromatic rings. The monoisotopic (exact) mass is 537 g/mol. The third-order valence-corrected chi connectivity index (χ3v) is 8.00. The van der Waals surface area contributed by atoms with E-state index in [-0.39, 0.29) is 31.0 Å². The number of halogens is 1. The summed E-state index contributed by atoms with van der Waals surface area (Å²) in [6.07, 6.45) is 1.88. The molecule has 8 nitrogen and oxygen atoms in total. The molecule has 2 aromatic heterocycles. The molecule has 2 aromatic carbocycles. The zero-order valence-electron chi connectivity index (χ0n) is 20.5. The van der Waals surface area contributed by atoms with Gasteiger partial charge in [0, 0.05) is 29.6 Å². The van der Waals surface area contributed by atoms with Gasteiger partial charge in [-0.1, -0.05) is 47.1 Å². The van der Waals surface area contributed by atoms with Crippen molar-refractivity contribution >= 4 is 45.8 Å². The molecule has 2 amide bonds. The minimum Gasteiger partial charge on any atom is -0.376 e. The van der Waals surface area contributed by atoms with Crippen LogP contribution in [0, 0.1) is 6.92 Å². The van der Waals surface area contributed by atoms with Gasteiger partial charge in [-0.05, 0) is 60.5 Å². The molecule has 1 saturated heterocycles. The normalized spacial score (nSPS) is 16.1. The molecule has 37 heavy (non-hydrogen) atoms. The molecule has 1 aliphatic rings. The van der Waals surface area contributed by atoms with E-state index in [0.717, 1.165) is 34.4 Å². The van der Waals surface area contributed by atoms with Gasteiger partial charge in [-0.3, -0.25) is 9.59 Å². The van der Waals surface area contributed by atoms with Gasteiger partial charge >= 0.3 is 0 Å². The number of nitrogens with zero attached hydrogens (tertiary/aromatic N) is 4. The fraction of sp³-hybridized carbons (Fsp3) is 0.333. The van der Waals surface area contributed by atoms with Gasteiger partial charge in [0.15, 0.2) is 0 Å². The molecule has 3 heterocycles. The third-order valence-electron chi connectivity index (χ3n) is 6.56. The van der Waals surface area contributed by atoms with E-state index in [1.165, 1.54) is 11.3 Å². The molecule has 1 fully saturated rings. The van der Waals surface area contributed by atoms with Crippen LogP contribution in [0.25, 0.3) is 11.0 Å². The Morgan fingerprint density at radius 3 is 2.78 bits per heavy atom. The number of hydrogen-bond donors (Lipinski definition) is 1. The van der Waals surface area contributed by atoms with Gasteiger partial charge in [0.2, 0.25) is 11.8 Å². The van der Waals surface area contributed by atoms with Crippen molar-refractivity contribution in [2.45, 2.75) is 45.0 Å². The molecule has 0 spiro atoms. The predicted octanol–water partition coefficient (Wildman–Crippen LogP) is 4.52. The number of benzene rings is 2. The number of thiophene rings is 1. The van der Waals surface area contributed by atoms with E-state index in [2.05, 4.69) is 15.6 Å². The number of rotatable bonds is 9. The Labute approximate surface area is 224 Å². The Morgan fingerprint density at radius 2 is 2.03 bits per heavy atom.